The number of nitrogens with zero attached hydrogens (tertiary/aromatic N) is 1. The number of halogens is 1. The maximum absolute atomic E-state index is 12.7. The topological polar surface area (TPSA) is 76.1 Å². The third-order valence-electron chi connectivity index (χ3n) is 5.26. The lowest BCUT2D eigenvalue weighted by molar-refractivity contribution is -0.137. The van der Waals surface area contributed by atoms with E-state index in [0.717, 1.165) is 22.9 Å². The van der Waals surface area contributed by atoms with E-state index in [0.29, 0.717) is 38.4 Å². The zero-order valence-corrected chi connectivity index (χ0v) is 23.3. The Bertz CT molecular complexity index is 1160. The molecule has 2 aromatic rings. The van der Waals surface area contributed by atoms with E-state index in [1.807, 2.05) is 19.1 Å². The van der Waals surface area contributed by atoms with Crippen molar-refractivity contribution in [3.8, 4) is 11.5 Å². The molecule has 0 bridgehead atoms. The van der Waals surface area contributed by atoms with Gasteiger partial charge < -0.3 is 14.6 Å². The van der Waals surface area contributed by atoms with Gasteiger partial charge in [-0.25, -0.2) is 0 Å². The van der Waals surface area contributed by atoms with Crippen molar-refractivity contribution in [1.29, 1.82) is 0 Å². The molecule has 1 fully saturated rings. The summed E-state index contributed by atoms with van der Waals surface area (Å²) >= 11 is 10.0. The largest absolute Gasteiger partial charge is 0.490 e. The fourth-order valence-corrected chi connectivity index (χ4v) is 5.27. The number of carbonyl (C=O) groups is 2. The third-order valence-corrected chi connectivity index (χ3v) is 7.22. The first-order valence-electron chi connectivity index (χ1n) is 11.1. The van der Waals surface area contributed by atoms with E-state index in [1.54, 1.807) is 6.08 Å². The quantitative estimate of drug-likeness (QED) is 0.273. The van der Waals surface area contributed by atoms with E-state index in [4.69, 9.17) is 26.8 Å². The molecule has 0 radical (unpaired) electrons. The predicted octanol–water partition coefficient (Wildman–Crippen LogP) is 6.40. The number of benzene rings is 2. The van der Waals surface area contributed by atoms with E-state index in [9.17, 15) is 9.59 Å². The Hall–Kier alpha value is -2.36. The van der Waals surface area contributed by atoms with Crippen molar-refractivity contribution in [2.75, 3.05) is 13.2 Å². The molecule has 0 aliphatic carbocycles. The number of ether oxygens (including phenoxy) is 2. The fourth-order valence-electron chi connectivity index (χ4n) is 3.38. The van der Waals surface area contributed by atoms with Crippen LogP contribution in [0.3, 0.4) is 0 Å². The number of hydrogen-bond acceptors (Lipinski definition) is 6. The molecule has 0 aromatic heterocycles. The van der Waals surface area contributed by atoms with Gasteiger partial charge in [-0.3, -0.25) is 14.5 Å². The van der Waals surface area contributed by atoms with Gasteiger partial charge in [0.25, 0.3) is 5.91 Å². The molecule has 1 N–H and O–H groups in total. The van der Waals surface area contributed by atoms with Gasteiger partial charge in [-0.2, -0.15) is 0 Å². The first-order valence-corrected chi connectivity index (χ1v) is 13.2. The molecule has 1 aliphatic heterocycles. The van der Waals surface area contributed by atoms with Crippen LogP contribution in [0.4, 0.5) is 0 Å². The van der Waals surface area contributed by atoms with Crippen LogP contribution in [0.2, 0.25) is 0 Å². The van der Waals surface area contributed by atoms with E-state index in [1.165, 1.54) is 10.5 Å². The van der Waals surface area contributed by atoms with Crippen LogP contribution in [0, 0.1) is 0 Å². The van der Waals surface area contributed by atoms with Gasteiger partial charge in [-0.15, -0.1) is 0 Å². The Labute approximate surface area is 223 Å². The molecule has 1 heterocycles. The van der Waals surface area contributed by atoms with Crippen molar-refractivity contribution in [2.24, 2.45) is 0 Å². The number of thiocarbonyl (C=S) groups is 1. The molecular formula is C26H28BrNO5S2. The van der Waals surface area contributed by atoms with Gasteiger partial charge >= 0.3 is 5.97 Å². The maximum atomic E-state index is 12.7. The van der Waals surface area contributed by atoms with Gasteiger partial charge in [-0.1, -0.05) is 69.0 Å². The first-order chi connectivity index (χ1) is 16.5. The van der Waals surface area contributed by atoms with Crippen LogP contribution in [0.15, 0.2) is 45.8 Å². The monoisotopic (exact) mass is 577 g/mol. The minimum Gasteiger partial charge on any atom is -0.490 e. The molecule has 0 atom stereocenters. The van der Waals surface area contributed by atoms with Gasteiger partial charge in [0, 0.05) is 6.54 Å². The number of thioether (sulfide) groups is 1. The van der Waals surface area contributed by atoms with Crippen LogP contribution < -0.4 is 9.47 Å². The highest BCUT2D eigenvalue weighted by atomic mass is 79.9. The van der Waals surface area contributed by atoms with Crippen molar-refractivity contribution < 1.29 is 24.2 Å². The van der Waals surface area contributed by atoms with Crippen molar-refractivity contribution in [3.63, 3.8) is 0 Å². The lowest BCUT2D eigenvalue weighted by atomic mass is 9.87. The second kappa shape index (κ2) is 11.6. The molecule has 0 unspecified atom stereocenters. The first kappa shape index (κ1) is 27.2. The second-order valence-corrected chi connectivity index (χ2v) is 11.5. The predicted molar refractivity (Wildman–Crippen MR) is 147 cm³/mol. The molecular weight excluding hydrogens is 550 g/mol. The minimum absolute atomic E-state index is 0.0503. The van der Waals surface area contributed by atoms with E-state index in [2.05, 4.69) is 61.0 Å². The van der Waals surface area contributed by atoms with Crippen LogP contribution in [-0.2, 0) is 21.6 Å². The van der Waals surface area contributed by atoms with Crippen LogP contribution in [0.1, 0.15) is 50.8 Å². The standard InChI is InChI=1S/C26H28BrNO5S2/c1-5-32-20-13-17(14-21-24(31)28(25(34)35-21)11-10-22(29)30)12-19(27)23(20)33-15-16-6-8-18(9-7-16)26(2,3)4/h6-9,12-14H,5,10-11,15H2,1-4H3,(H,29,30)/b21-14+. The highest BCUT2D eigenvalue weighted by Gasteiger charge is 2.32. The SMILES string of the molecule is CCOc1cc(/C=C2/SC(=S)N(CCC(=O)O)C2=O)cc(Br)c1OCc1ccc(C(C)(C)C)cc1. The van der Waals surface area contributed by atoms with Crippen molar-refractivity contribution in [1.82, 2.24) is 4.90 Å². The Morgan fingerprint density at radius 3 is 2.49 bits per heavy atom. The average Bonchev–Trinajstić information content (AvgIpc) is 3.03. The molecule has 0 saturated carbocycles. The smallest absolute Gasteiger partial charge is 0.305 e. The Morgan fingerprint density at radius 2 is 1.89 bits per heavy atom. The van der Waals surface area contributed by atoms with E-state index >= 15 is 0 Å². The number of rotatable bonds is 9. The summed E-state index contributed by atoms with van der Waals surface area (Å²) in [5, 5.41) is 8.91. The fraction of sp³-hybridized carbons (Fsp3) is 0.346. The van der Waals surface area contributed by atoms with Crippen LogP contribution in [-0.4, -0.2) is 39.4 Å². The van der Waals surface area contributed by atoms with Gasteiger partial charge in [0.2, 0.25) is 0 Å². The molecule has 2 aromatic carbocycles. The van der Waals surface area contributed by atoms with Gasteiger partial charge in [-0.05, 0) is 63.2 Å². The molecule has 3 rings (SSSR count). The average molecular weight is 579 g/mol. The van der Waals surface area contributed by atoms with Crippen LogP contribution in [0.25, 0.3) is 6.08 Å². The van der Waals surface area contributed by atoms with Crippen molar-refractivity contribution in [3.05, 3.63) is 62.5 Å². The number of hydrogen-bond donors (Lipinski definition) is 1. The summed E-state index contributed by atoms with van der Waals surface area (Å²) in [6.45, 7) is 9.31. The molecule has 1 amide bonds. The Morgan fingerprint density at radius 1 is 1.20 bits per heavy atom. The summed E-state index contributed by atoms with van der Waals surface area (Å²) < 4.78 is 13.0. The molecule has 186 valence electrons. The Balaban J connectivity index is 1.80. The van der Waals surface area contributed by atoms with E-state index < -0.39 is 5.97 Å². The lowest BCUT2D eigenvalue weighted by Crippen LogP contribution is -2.30. The van der Waals surface area contributed by atoms with Crippen LogP contribution >= 0.6 is 39.9 Å². The molecule has 0 spiro atoms. The molecule has 1 aliphatic rings. The van der Waals surface area contributed by atoms with Gasteiger partial charge in [0.1, 0.15) is 10.9 Å². The normalized spacial score (nSPS) is 15.1. The van der Waals surface area contributed by atoms with Crippen molar-refractivity contribution >= 4 is 62.2 Å². The summed E-state index contributed by atoms with van der Waals surface area (Å²) in [5.74, 6) is -0.137. The number of amides is 1. The summed E-state index contributed by atoms with van der Waals surface area (Å²) in [6, 6.07) is 12.0. The second-order valence-electron chi connectivity index (χ2n) is 8.98. The summed E-state index contributed by atoms with van der Waals surface area (Å²) in [7, 11) is 0. The van der Waals surface area contributed by atoms with Crippen molar-refractivity contribution in [2.45, 2.75) is 46.1 Å². The van der Waals surface area contributed by atoms with Gasteiger partial charge in [0.15, 0.2) is 11.5 Å². The Kier molecular flexibility index (Phi) is 9.01. The number of carboxylic acid groups (broad SMARTS) is 1. The summed E-state index contributed by atoms with van der Waals surface area (Å²) in [4.78, 5) is 25.4. The lowest BCUT2D eigenvalue weighted by Gasteiger charge is -2.19. The molecule has 1 saturated heterocycles. The number of aliphatic carboxylic acids is 1. The van der Waals surface area contributed by atoms with Gasteiger partial charge in [0.05, 0.1) is 22.4 Å². The number of carbonyl (C=O) groups excluding carboxylic acids is 1. The highest BCUT2D eigenvalue weighted by Crippen LogP contribution is 2.40. The molecule has 6 nitrogen and oxygen atoms in total. The number of carboxylic acids is 1. The molecule has 9 heteroatoms. The zero-order valence-electron chi connectivity index (χ0n) is 20.1. The van der Waals surface area contributed by atoms with Crippen LogP contribution in [0.5, 0.6) is 11.5 Å². The summed E-state index contributed by atoms with van der Waals surface area (Å²) in [6.07, 6.45) is 1.56. The minimum atomic E-state index is -0.978. The highest BCUT2D eigenvalue weighted by molar-refractivity contribution is 9.10. The molecule has 35 heavy (non-hydrogen) atoms. The maximum Gasteiger partial charge on any atom is 0.305 e. The zero-order chi connectivity index (χ0) is 25.8. The summed E-state index contributed by atoms with van der Waals surface area (Å²) in [5.41, 5.74) is 3.13. The van der Waals surface area contributed by atoms with E-state index in [-0.39, 0.29) is 24.3 Å². The third kappa shape index (κ3) is 7.08.